The number of carbonyl (C=O) groups is 1. The van der Waals surface area contributed by atoms with Crippen LogP contribution in [-0.4, -0.2) is 28.8 Å². The Morgan fingerprint density at radius 1 is 1.06 bits per heavy atom. The molecule has 8 nitrogen and oxygen atoms in total. The van der Waals surface area contributed by atoms with Gasteiger partial charge in [0.25, 0.3) is 16.0 Å². The number of carbonyl (C=O) groups excluding carboxylic acids is 1. The number of fused-ring (bicyclic) bond motifs is 1. The summed E-state index contributed by atoms with van der Waals surface area (Å²) in [6.45, 7) is 0. The number of hydrogen-bond acceptors (Lipinski definition) is 7. The molecule has 2 aromatic carbocycles. The minimum atomic E-state index is -4.32. The Kier molecular flexibility index (Phi) is 5.58. The van der Waals surface area contributed by atoms with Gasteiger partial charge in [-0.2, -0.15) is 8.42 Å². The minimum Gasteiger partial charge on any atom is -0.368 e. The molecule has 4 rings (SSSR count). The Bertz CT molecular complexity index is 1440. The number of nitrogens with zero attached hydrogens (tertiary/aromatic N) is 2. The lowest BCUT2D eigenvalue weighted by atomic mass is 10.1. The third-order valence-electron chi connectivity index (χ3n) is 4.23. The quantitative estimate of drug-likeness (QED) is 0.348. The summed E-state index contributed by atoms with van der Waals surface area (Å²) in [7, 11) is -4.32. The van der Waals surface area contributed by atoms with Crippen molar-refractivity contribution in [3.05, 3.63) is 63.5 Å². The molecule has 31 heavy (non-hydrogen) atoms. The summed E-state index contributed by atoms with van der Waals surface area (Å²) < 4.78 is 31.3. The predicted molar refractivity (Wildman–Crippen MR) is 121 cm³/mol. The van der Waals surface area contributed by atoms with Crippen molar-refractivity contribution in [2.75, 3.05) is 11.1 Å². The Balaban J connectivity index is 1.70. The number of amides is 1. The standard InChI is InChI=1S/C19H12Cl2N4O4S2/c20-9-1-6-12(14(21)7-9)16-13-8-15(30-18(13)25-19(22)24-16)17(26)23-10-2-4-11(5-3-10)31(27,28)29/h1-8H,(H,23,26)(H2,22,24,25)(H,27,28,29). The third-order valence-corrected chi connectivity index (χ3v) is 6.67. The molecule has 0 aliphatic carbocycles. The van der Waals surface area contributed by atoms with Gasteiger partial charge in [-0.05, 0) is 48.5 Å². The zero-order chi connectivity index (χ0) is 22.3. The molecular formula is C19H12Cl2N4O4S2. The predicted octanol–water partition coefficient (Wildman–Crippen LogP) is 4.75. The van der Waals surface area contributed by atoms with E-state index in [1.165, 1.54) is 24.3 Å². The van der Waals surface area contributed by atoms with Crippen LogP contribution in [0, 0.1) is 0 Å². The minimum absolute atomic E-state index is 0.0307. The number of benzene rings is 2. The highest BCUT2D eigenvalue weighted by molar-refractivity contribution is 7.85. The van der Waals surface area contributed by atoms with Gasteiger partial charge in [0.15, 0.2) is 0 Å². The van der Waals surface area contributed by atoms with Gasteiger partial charge in [0.2, 0.25) is 5.95 Å². The topological polar surface area (TPSA) is 135 Å². The van der Waals surface area contributed by atoms with Crippen LogP contribution in [0.2, 0.25) is 10.0 Å². The van der Waals surface area contributed by atoms with E-state index >= 15 is 0 Å². The van der Waals surface area contributed by atoms with Crippen molar-refractivity contribution in [3.8, 4) is 11.3 Å². The summed E-state index contributed by atoms with van der Waals surface area (Å²) in [5.74, 6) is -0.405. The van der Waals surface area contributed by atoms with Gasteiger partial charge >= 0.3 is 0 Å². The number of hydrogen-bond donors (Lipinski definition) is 3. The first-order chi connectivity index (χ1) is 14.6. The van der Waals surface area contributed by atoms with Crippen molar-refractivity contribution in [1.29, 1.82) is 0 Å². The average Bonchev–Trinajstić information content (AvgIpc) is 3.11. The van der Waals surface area contributed by atoms with Crippen molar-refractivity contribution in [1.82, 2.24) is 9.97 Å². The Labute approximate surface area is 190 Å². The average molecular weight is 495 g/mol. The SMILES string of the molecule is Nc1nc(-c2ccc(Cl)cc2Cl)c2cc(C(=O)Nc3ccc(S(=O)(=O)O)cc3)sc2n1. The molecule has 4 aromatic rings. The smallest absolute Gasteiger partial charge is 0.294 e. The van der Waals surface area contributed by atoms with Gasteiger partial charge in [0.05, 0.1) is 20.5 Å². The summed E-state index contributed by atoms with van der Waals surface area (Å²) >= 11 is 13.4. The first kappa shape index (κ1) is 21.5. The summed E-state index contributed by atoms with van der Waals surface area (Å²) in [4.78, 5) is 21.8. The summed E-state index contributed by atoms with van der Waals surface area (Å²) in [5.41, 5.74) is 7.26. The highest BCUT2D eigenvalue weighted by atomic mass is 35.5. The molecule has 0 atom stereocenters. The summed E-state index contributed by atoms with van der Waals surface area (Å²) in [6.07, 6.45) is 0. The molecule has 158 valence electrons. The highest BCUT2D eigenvalue weighted by Gasteiger charge is 2.18. The fourth-order valence-corrected chi connectivity index (χ4v) is 4.75. The molecule has 12 heteroatoms. The van der Waals surface area contributed by atoms with Crippen LogP contribution in [-0.2, 0) is 10.1 Å². The summed E-state index contributed by atoms with van der Waals surface area (Å²) in [5, 5.41) is 4.10. The van der Waals surface area contributed by atoms with Gasteiger partial charge in [0, 0.05) is 21.7 Å². The van der Waals surface area contributed by atoms with Crippen LogP contribution in [0.1, 0.15) is 9.67 Å². The van der Waals surface area contributed by atoms with Gasteiger partial charge in [-0.15, -0.1) is 11.3 Å². The molecule has 2 heterocycles. The maximum atomic E-state index is 12.7. The molecule has 1 amide bonds. The molecule has 0 radical (unpaired) electrons. The Hall–Kier alpha value is -2.76. The number of rotatable bonds is 4. The Morgan fingerprint density at radius 3 is 2.42 bits per heavy atom. The molecule has 0 aliphatic heterocycles. The van der Waals surface area contributed by atoms with Crippen LogP contribution < -0.4 is 11.1 Å². The van der Waals surface area contributed by atoms with E-state index in [1.54, 1.807) is 24.3 Å². The van der Waals surface area contributed by atoms with Gasteiger partial charge in [-0.1, -0.05) is 23.2 Å². The van der Waals surface area contributed by atoms with Crippen molar-refractivity contribution in [2.24, 2.45) is 0 Å². The lowest BCUT2D eigenvalue weighted by Crippen LogP contribution is -2.10. The molecule has 0 unspecified atom stereocenters. The van der Waals surface area contributed by atoms with Crippen LogP contribution in [0.4, 0.5) is 11.6 Å². The second-order valence-corrected chi connectivity index (χ2v) is 9.63. The number of nitrogens with two attached hydrogens (primary N) is 1. The molecule has 0 aliphatic rings. The molecule has 0 saturated heterocycles. The maximum absolute atomic E-state index is 12.7. The van der Waals surface area contributed by atoms with Gasteiger partial charge in [0.1, 0.15) is 4.83 Å². The normalized spacial score (nSPS) is 11.6. The fourth-order valence-electron chi connectivity index (χ4n) is 2.84. The zero-order valence-electron chi connectivity index (χ0n) is 15.3. The first-order valence-corrected chi connectivity index (χ1v) is 11.5. The number of nitrogens with one attached hydrogen (secondary N) is 1. The number of aromatic nitrogens is 2. The molecule has 4 N–H and O–H groups in total. The third kappa shape index (κ3) is 4.48. The van der Waals surface area contributed by atoms with E-state index in [-0.39, 0.29) is 10.8 Å². The van der Waals surface area contributed by atoms with Crippen molar-refractivity contribution in [2.45, 2.75) is 4.90 Å². The number of anilines is 2. The van der Waals surface area contributed by atoms with E-state index in [9.17, 15) is 13.2 Å². The van der Waals surface area contributed by atoms with Crippen LogP contribution in [0.15, 0.2) is 53.4 Å². The second-order valence-electron chi connectivity index (χ2n) is 6.34. The number of halogens is 2. The molecule has 0 spiro atoms. The van der Waals surface area contributed by atoms with E-state index in [4.69, 9.17) is 33.5 Å². The molecule has 0 bridgehead atoms. The Morgan fingerprint density at radius 2 is 1.77 bits per heavy atom. The number of thiophene rings is 1. The molecule has 2 aromatic heterocycles. The van der Waals surface area contributed by atoms with Crippen LogP contribution in [0.5, 0.6) is 0 Å². The van der Waals surface area contributed by atoms with E-state index in [1.807, 2.05) is 0 Å². The monoisotopic (exact) mass is 494 g/mol. The highest BCUT2D eigenvalue weighted by Crippen LogP contribution is 2.37. The van der Waals surface area contributed by atoms with Crippen molar-refractivity contribution < 1.29 is 17.8 Å². The van der Waals surface area contributed by atoms with Crippen molar-refractivity contribution in [3.63, 3.8) is 0 Å². The fraction of sp³-hybridized carbons (Fsp3) is 0. The van der Waals surface area contributed by atoms with Crippen molar-refractivity contribution >= 4 is 72.4 Å². The molecule has 0 saturated carbocycles. The van der Waals surface area contributed by atoms with E-state index < -0.39 is 16.0 Å². The zero-order valence-corrected chi connectivity index (χ0v) is 18.5. The van der Waals surface area contributed by atoms with Crippen LogP contribution in [0.3, 0.4) is 0 Å². The maximum Gasteiger partial charge on any atom is 0.294 e. The van der Waals surface area contributed by atoms with E-state index in [2.05, 4.69) is 15.3 Å². The van der Waals surface area contributed by atoms with Gasteiger partial charge in [-0.25, -0.2) is 9.97 Å². The molecular weight excluding hydrogens is 483 g/mol. The molecule has 0 fully saturated rings. The largest absolute Gasteiger partial charge is 0.368 e. The lowest BCUT2D eigenvalue weighted by Gasteiger charge is -2.06. The lowest BCUT2D eigenvalue weighted by molar-refractivity contribution is 0.103. The van der Waals surface area contributed by atoms with Crippen LogP contribution in [0.25, 0.3) is 21.5 Å². The van der Waals surface area contributed by atoms with Gasteiger partial charge < -0.3 is 11.1 Å². The van der Waals surface area contributed by atoms with E-state index in [0.29, 0.717) is 42.1 Å². The van der Waals surface area contributed by atoms with E-state index in [0.717, 1.165) is 11.3 Å². The van der Waals surface area contributed by atoms with Gasteiger partial charge in [-0.3, -0.25) is 9.35 Å². The first-order valence-electron chi connectivity index (χ1n) is 8.53. The van der Waals surface area contributed by atoms with Crippen LogP contribution >= 0.6 is 34.5 Å². The number of nitrogen functional groups attached to an aromatic ring is 1. The second kappa shape index (κ2) is 8.06. The summed E-state index contributed by atoms with van der Waals surface area (Å²) in [6, 6.07) is 11.7.